The molecule has 0 fully saturated rings. The van der Waals surface area contributed by atoms with Crippen LogP contribution in [0, 0.1) is 11.8 Å². The first-order chi connectivity index (χ1) is 10.3. The second-order valence-electron chi connectivity index (χ2n) is 5.31. The quantitative estimate of drug-likeness (QED) is 0.860. The van der Waals surface area contributed by atoms with Crippen LogP contribution in [0.25, 0.3) is 0 Å². The van der Waals surface area contributed by atoms with Gasteiger partial charge in [0.25, 0.3) is 0 Å². The van der Waals surface area contributed by atoms with Gasteiger partial charge in [0.2, 0.25) is 0 Å². The summed E-state index contributed by atoms with van der Waals surface area (Å²) in [6.07, 6.45) is 1.14. The van der Waals surface area contributed by atoms with Gasteiger partial charge in [0.1, 0.15) is 6.61 Å². The molecule has 1 atom stereocenters. The van der Waals surface area contributed by atoms with Gasteiger partial charge in [-0.3, -0.25) is 4.90 Å². The summed E-state index contributed by atoms with van der Waals surface area (Å²) in [4.78, 5) is 4.04. The monoisotopic (exact) mass is 297 g/mol. The molecule has 1 aromatic heterocycles. The summed E-state index contributed by atoms with van der Waals surface area (Å²) in [5.41, 5.74) is 3.74. The third-order valence-corrected chi connectivity index (χ3v) is 5.09. The predicted octanol–water partition coefficient (Wildman–Crippen LogP) is 3.21. The Balaban J connectivity index is 1.82. The average Bonchev–Trinajstić information content (AvgIpc) is 2.98. The second kappa shape index (κ2) is 6.44. The Labute approximate surface area is 130 Å². The van der Waals surface area contributed by atoms with Crippen LogP contribution in [0.2, 0.25) is 0 Å². The van der Waals surface area contributed by atoms with E-state index in [4.69, 9.17) is 5.11 Å². The van der Waals surface area contributed by atoms with Gasteiger partial charge in [-0.25, -0.2) is 0 Å². The third-order valence-electron chi connectivity index (χ3n) is 4.10. The van der Waals surface area contributed by atoms with E-state index < -0.39 is 0 Å². The lowest BCUT2D eigenvalue weighted by Crippen LogP contribution is -2.32. The molecule has 0 amide bonds. The molecule has 0 radical (unpaired) electrons. The fourth-order valence-electron chi connectivity index (χ4n) is 2.91. The van der Waals surface area contributed by atoms with Crippen LogP contribution in [-0.4, -0.2) is 23.2 Å². The summed E-state index contributed by atoms with van der Waals surface area (Å²) in [5.74, 6) is 5.81. The van der Waals surface area contributed by atoms with Gasteiger partial charge in [-0.2, -0.15) is 0 Å². The molecule has 2 nitrogen and oxygen atoms in total. The van der Waals surface area contributed by atoms with Gasteiger partial charge in [-0.15, -0.1) is 11.3 Å². The van der Waals surface area contributed by atoms with Gasteiger partial charge in [-0.05, 0) is 42.0 Å². The molecule has 1 aliphatic rings. The first kappa shape index (κ1) is 14.3. The number of aliphatic hydroxyl groups excluding tert-OH is 1. The van der Waals surface area contributed by atoms with Crippen molar-refractivity contribution in [2.24, 2.45) is 0 Å². The van der Waals surface area contributed by atoms with E-state index in [0.717, 1.165) is 25.1 Å². The molecule has 21 heavy (non-hydrogen) atoms. The van der Waals surface area contributed by atoms with Crippen molar-refractivity contribution in [3.8, 4) is 11.8 Å². The van der Waals surface area contributed by atoms with E-state index in [1.165, 1.54) is 16.0 Å². The molecule has 0 saturated carbocycles. The van der Waals surface area contributed by atoms with Crippen LogP contribution < -0.4 is 0 Å². The molecule has 2 heterocycles. The van der Waals surface area contributed by atoms with E-state index in [9.17, 15) is 0 Å². The van der Waals surface area contributed by atoms with E-state index in [1.807, 2.05) is 23.5 Å². The van der Waals surface area contributed by atoms with E-state index >= 15 is 0 Å². The van der Waals surface area contributed by atoms with E-state index in [1.54, 1.807) is 0 Å². The highest BCUT2D eigenvalue weighted by Gasteiger charge is 2.24. The number of thiophene rings is 1. The molecule has 108 valence electrons. The summed E-state index contributed by atoms with van der Waals surface area (Å²) in [6.45, 7) is 4.20. The first-order valence-electron chi connectivity index (χ1n) is 7.27. The fraction of sp³-hybridized carbons (Fsp3) is 0.333. The van der Waals surface area contributed by atoms with Gasteiger partial charge in [0.05, 0.1) is 0 Å². The van der Waals surface area contributed by atoms with Crippen molar-refractivity contribution in [2.45, 2.75) is 25.9 Å². The maximum atomic E-state index is 8.88. The number of hydrogen-bond acceptors (Lipinski definition) is 3. The van der Waals surface area contributed by atoms with Crippen molar-refractivity contribution in [1.29, 1.82) is 0 Å². The number of fused-ring (bicyclic) bond motifs is 1. The highest BCUT2D eigenvalue weighted by Crippen LogP contribution is 2.33. The molecule has 2 aromatic rings. The molecule has 1 N–H and O–H groups in total. The molecule has 0 saturated heterocycles. The van der Waals surface area contributed by atoms with Crippen LogP contribution in [0.5, 0.6) is 0 Å². The van der Waals surface area contributed by atoms with Crippen LogP contribution in [0.4, 0.5) is 0 Å². The van der Waals surface area contributed by atoms with Crippen molar-refractivity contribution in [3.05, 3.63) is 57.3 Å². The maximum absolute atomic E-state index is 8.88. The smallest absolute Gasteiger partial charge is 0.104 e. The Morgan fingerprint density at radius 1 is 1.33 bits per heavy atom. The summed E-state index contributed by atoms with van der Waals surface area (Å²) >= 11 is 1.87. The van der Waals surface area contributed by atoms with Crippen LogP contribution in [0.3, 0.4) is 0 Å². The molecule has 3 heteroatoms. The molecule has 1 unspecified atom stereocenters. The topological polar surface area (TPSA) is 23.5 Å². The highest BCUT2D eigenvalue weighted by molar-refractivity contribution is 7.10. The van der Waals surface area contributed by atoms with Gasteiger partial charge < -0.3 is 5.11 Å². The summed E-state index contributed by atoms with van der Waals surface area (Å²) in [6, 6.07) is 10.9. The summed E-state index contributed by atoms with van der Waals surface area (Å²) in [5, 5.41) is 11.1. The molecule has 3 rings (SSSR count). The zero-order chi connectivity index (χ0) is 14.7. The molecule has 0 aliphatic carbocycles. The van der Waals surface area contributed by atoms with Gasteiger partial charge in [0.15, 0.2) is 0 Å². The van der Waals surface area contributed by atoms with Crippen LogP contribution in [0.1, 0.15) is 34.5 Å². The van der Waals surface area contributed by atoms with Crippen LogP contribution >= 0.6 is 11.3 Å². The maximum Gasteiger partial charge on any atom is 0.104 e. The minimum atomic E-state index is -0.0906. The number of hydrogen-bond donors (Lipinski definition) is 1. The Morgan fingerprint density at radius 2 is 2.19 bits per heavy atom. The largest absolute Gasteiger partial charge is 0.384 e. The standard InChI is InChI=1S/C18H19NOS/c1-14-17-9-12-21-18(17)8-10-19(14)13-16-6-3-2-5-15(16)7-4-11-20/h2-3,5-6,9,12,14,20H,8,10-11,13H2,1H3. The fourth-order valence-corrected chi connectivity index (χ4v) is 3.87. The summed E-state index contributed by atoms with van der Waals surface area (Å²) < 4.78 is 0. The number of benzene rings is 1. The normalized spacial score (nSPS) is 17.9. The van der Waals surface area contributed by atoms with Gasteiger partial charge in [0, 0.05) is 29.6 Å². The number of rotatable bonds is 2. The Kier molecular flexibility index (Phi) is 4.40. The highest BCUT2D eigenvalue weighted by atomic mass is 32.1. The molecule has 0 spiro atoms. The van der Waals surface area contributed by atoms with Gasteiger partial charge >= 0.3 is 0 Å². The first-order valence-corrected chi connectivity index (χ1v) is 8.15. The van der Waals surface area contributed by atoms with Crippen LogP contribution in [-0.2, 0) is 13.0 Å². The molecular formula is C18H19NOS. The van der Waals surface area contributed by atoms with E-state index in [2.05, 4.69) is 47.2 Å². The predicted molar refractivity (Wildman–Crippen MR) is 87.3 cm³/mol. The number of aliphatic hydroxyl groups is 1. The lowest BCUT2D eigenvalue weighted by atomic mass is 9.99. The lowest BCUT2D eigenvalue weighted by Gasteiger charge is -2.33. The minimum absolute atomic E-state index is 0.0906. The van der Waals surface area contributed by atoms with Crippen molar-refractivity contribution in [1.82, 2.24) is 4.90 Å². The Morgan fingerprint density at radius 3 is 3.05 bits per heavy atom. The lowest BCUT2D eigenvalue weighted by molar-refractivity contribution is 0.191. The third kappa shape index (κ3) is 3.03. The van der Waals surface area contributed by atoms with E-state index in [0.29, 0.717) is 6.04 Å². The van der Waals surface area contributed by atoms with Crippen molar-refractivity contribution in [3.63, 3.8) is 0 Å². The SMILES string of the molecule is CC1c2ccsc2CCN1Cc1ccccc1C#CCO. The van der Waals surface area contributed by atoms with E-state index in [-0.39, 0.29) is 6.61 Å². The molecule has 0 bridgehead atoms. The zero-order valence-electron chi connectivity index (χ0n) is 12.2. The van der Waals surface area contributed by atoms with Crippen molar-refractivity contribution >= 4 is 11.3 Å². The molecule has 1 aliphatic heterocycles. The zero-order valence-corrected chi connectivity index (χ0v) is 13.0. The number of nitrogens with zero attached hydrogens (tertiary/aromatic N) is 1. The molecule has 1 aromatic carbocycles. The Bertz CT molecular complexity index is 680. The van der Waals surface area contributed by atoms with Crippen LogP contribution in [0.15, 0.2) is 35.7 Å². The minimum Gasteiger partial charge on any atom is -0.384 e. The van der Waals surface area contributed by atoms with Crippen molar-refractivity contribution < 1.29 is 5.11 Å². The second-order valence-corrected chi connectivity index (χ2v) is 6.31. The average molecular weight is 297 g/mol. The Hall–Kier alpha value is -1.60. The summed E-state index contributed by atoms with van der Waals surface area (Å²) in [7, 11) is 0. The molecular weight excluding hydrogens is 278 g/mol. The van der Waals surface area contributed by atoms with Crippen molar-refractivity contribution in [2.75, 3.05) is 13.2 Å². The van der Waals surface area contributed by atoms with Gasteiger partial charge in [-0.1, -0.05) is 30.0 Å².